The van der Waals surface area contributed by atoms with Crippen LogP contribution in [0.3, 0.4) is 0 Å². The van der Waals surface area contributed by atoms with Gasteiger partial charge in [0.1, 0.15) is 11.6 Å². The number of aromatic nitrogens is 1. The molecule has 0 atom stereocenters. The zero-order valence-corrected chi connectivity index (χ0v) is 10.2. The molecule has 1 N–H and O–H groups in total. The first kappa shape index (κ1) is 12.6. The molecule has 1 aromatic heterocycles. The summed E-state index contributed by atoms with van der Waals surface area (Å²) < 4.78 is 31.5. The van der Waals surface area contributed by atoms with E-state index in [4.69, 9.17) is 17.0 Å². The summed E-state index contributed by atoms with van der Waals surface area (Å²) in [5.41, 5.74) is 0.152. The van der Waals surface area contributed by atoms with E-state index >= 15 is 0 Å². The Morgan fingerprint density at radius 3 is 2.83 bits per heavy atom. The van der Waals surface area contributed by atoms with Gasteiger partial charge in [-0.25, -0.2) is 13.6 Å². The summed E-state index contributed by atoms with van der Waals surface area (Å²) in [5.74, 6) is -2.13. The SMILES string of the molecule is CCOC(=O)c1c[nH]c2c(F)cc(F)cc2c1=S. The highest BCUT2D eigenvalue weighted by Gasteiger charge is 2.13. The van der Waals surface area contributed by atoms with E-state index in [2.05, 4.69) is 4.98 Å². The lowest BCUT2D eigenvalue weighted by atomic mass is 10.1. The maximum atomic E-state index is 13.5. The molecule has 0 aliphatic heterocycles. The van der Waals surface area contributed by atoms with Crippen LogP contribution in [-0.2, 0) is 4.74 Å². The summed E-state index contributed by atoms with van der Waals surface area (Å²) in [6.07, 6.45) is 1.27. The second-order valence-electron chi connectivity index (χ2n) is 3.56. The van der Waals surface area contributed by atoms with Gasteiger partial charge >= 0.3 is 5.97 Å². The maximum absolute atomic E-state index is 13.5. The Hall–Kier alpha value is -1.82. The lowest BCUT2D eigenvalue weighted by Gasteiger charge is -2.05. The summed E-state index contributed by atoms with van der Waals surface area (Å²) in [7, 11) is 0. The molecule has 2 aromatic rings. The zero-order valence-electron chi connectivity index (χ0n) is 9.42. The standard InChI is InChI=1S/C12H9F2NO2S/c1-2-17-12(16)8-5-15-10-7(11(8)18)3-6(13)4-9(10)14/h3-5H,2H2,1H3,(H,15,18). The maximum Gasteiger partial charge on any atom is 0.341 e. The first-order valence-electron chi connectivity index (χ1n) is 5.22. The highest BCUT2D eigenvalue weighted by molar-refractivity contribution is 7.71. The number of carbonyl (C=O) groups excluding carboxylic acids is 1. The number of halogens is 2. The van der Waals surface area contributed by atoms with Gasteiger partial charge in [0.15, 0.2) is 0 Å². The van der Waals surface area contributed by atoms with Crippen molar-refractivity contribution in [3.05, 3.63) is 40.0 Å². The molecule has 0 aliphatic carbocycles. The number of pyridine rings is 1. The molecular formula is C12H9F2NO2S. The van der Waals surface area contributed by atoms with Crippen LogP contribution in [-0.4, -0.2) is 17.6 Å². The number of rotatable bonds is 2. The molecule has 3 nitrogen and oxygen atoms in total. The molecule has 0 unspecified atom stereocenters. The van der Waals surface area contributed by atoms with Crippen LogP contribution in [0.5, 0.6) is 0 Å². The smallest absolute Gasteiger partial charge is 0.341 e. The number of aromatic amines is 1. The predicted molar refractivity (Wildman–Crippen MR) is 65.0 cm³/mol. The first-order valence-corrected chi connectivity index (χ1v) is 5.63. The minimum absolute atomic E-state index is 0.0643. The van der Waals surface area contributed by atoms with Crippen molar-refractivity contribution in [1.82, 2.24) is 4.98 Å². The third kappa shape index (κ3) is 2.11. The van der Waals surface area contributed by atoms with Gasteiger partial charge in [-0.05, 0) is 13.0 Å². The van der Waals surface area contributed by atoms with Crippen molar-refractivity contribution in [2.24, 2.45) is 0 Å². The monoisotopic (exact) mass is 269 g/mol. The summed E-state index contributed by atoms with van der Waals surface area (Å²) >= 11 is 5.05. The summed E-state index contributed by atoms with van der Waals surface area (Å²) in [4.78, 5) is 14.2. The van der Waals surface area contributed by atoms with Crippen molar-refractivity contribution in [2.75, 3.05) is 6.61 Å². The number of hydrogen-bond acceptors (Lipinski definition) is 3. The average Bonchev–Trinajstić information content (AvgIpc) is 2.30. The Morgan fingerprint density at radius 1 is 1.44 bits per heavy atom. The van der Waals surface area contributed by atoms with Crippen molar-refractivity contribution in [3.63, 3.8) is 0 Å². The number of ether oxygens (including phenoxy) is 1. The third-order valence-electron chi connectivity index (χ3n) is 2.40. The normalized spacial score (nSPS) is 10.6. The van der Waals surface area contributed by atoms with Gasteiger partial charge in [0.25, 0.3) is 0 Å². The molecular weight excluding hydrogens is 260 g/mol. The topological polar surface area (TPSA) is 42.1 Å². The van der Waals surface area contributed by atoms with Crippen LogP contribution in [0.1, 0.15) is 17.3 Å². The molecule has 1 heterocycles. The van der Waals surface area contributed by atoms with E-state index in [9.17, 15) is 13.6 Å². The zero-order chi connectivity index (χ0) is 13.3. The fraction of sp³-hybridized carbons (Fsp3) is 0.167. The van der Waals surface area contributed by atoms with Crippen LogP contribution in [0, 0.1) is 16.1 Å². The van der Waals surface area contributed by atoms with Crippen molar-refractivity contribution in [2.45, 2.75) is 6.92 Å². The third-order valence-corrected chi connectivity index (χ3v) is 2.84. The molecule has 0 saturated heterocycles. The van der Waals surface area contributed by atoms with E-state index in [1.54, 1.807) is 6.92 Å². The second-order valence-corrected chi connectivity index (χ2v) is 3.97. The first-order chi connectivity index (χ1) is 8.54. The van der Waals surface area contributed by atoms with Gasteiger partial charge < -0.3 is 9.72 Å². The number of carbonyl (C=O) groups is 1. The van der Waals surface area contributed by atoms with E-state index < -0.39 is 17.6 Å². The molecule has 18 heavy (non-hydrogen) atoms. The average molecular weight is 269 g/mol. The van der Waals surface area contributed by atoms with Gasteiger partial charge in [-0.1, -0.05) is 12.2 Å². The summed E-state index contributed by atoms with van der Waals surface area (Å²) in [6, 6.07) is 1.83. The van der Waals surface area contributed by atoms with Gasteiger partial charge in [0, 0.05) is 17.6 Å². The highest BCUT2D eigenvalue weighted by Crippen LogP contribution is 2.21. The van der Waals surface area contributed by atoms with Gasteiger partial charge in [-0.15, -0.1) is 0 Å². The number of fused-ring (bicyclic) bond motifs is 1. The number of hydrogen-bond donors (Lipinski definition) is 1. The molecule has 0 fully saturated rings. The Balaban J connectivity index is 2.71. The molecule has 0 amide bonds. The van der Waals surface area contributed by atoms with Crippen LogP contribution in [0.2, 0.25) is 0 Å². The Bertz CT molecular complexity index is 682. The Labute approximate surface area is 106 Å². The fourth-order valence-corrected chi connectivity index (χ4v) is 1.92. The van der Waals surface area contributed by atoms with Crippen molar-refractivity contribution >= 4 is 29.1 Å². The number of benzene rings is 1. The number of nitrogens with one attached hydrogen (secondary N) is 1. The van der Waals surface area contributed by atoms with E-state index in [0.717, 1.165) is 12.1 Å². The van der Waals surface area contributed by atoms with Crippen LogP contribution in [0.15, 0.2) is 18.3 Å². The molecule has 0 aliphatic rings. The molecule has 0 spiro atoms. The summed E-state index contributed by atoms with van der Waals surface area (Å²) in [5, 5.41) is 0.146. The second kappa shape index (κ2) is 4.81. The molecule has 6 heteroatoms. The Morgan fingerprint density at radius 2 is 2.17 bits per heavy atom. The molecule has 1 aromatic carbocycles. The van der Waals surface area contributed by atoms with Crippen LogP contribution >= 0.6 is 12.2 Å². The van der Waals surface area contributed by atoms with E-state index in [1.807, 2.05) is 0 Å². The van der Waals surface area contributed by atoms with Crippen molar-refractivity contribution in [3.8, 4) is 0 Å². The van der Waals surface area contributed by atoms with Crippen molar-refractivity contribution in [1.29, 1.82) is 0 Å². The van der Waals surface area contributed by atoms with Gasteiger partial charge in [0.05, 0.1) is 22.2 Å². The minimum Gasteiger partial charge on any atom is -0.462 e. The summed E-state index contributed by atoms with van der Waals surface area (Å²) in [6.45, 7) is 1.86. The molecule has 2 rings (SSSR count). The van der Waals surface area contributed by atoms with E-state index in [-0.39, 0.29) is 27.6 Å². The van der Waals surface area contributed by atoms with Gasteiger partial charge in [-0.3, -0.25) is 0 Å². The minimum atomic E-state index is -0.758. The lowest BCUT2D eigenvalue weighted by Crippen LogP contribution is -2.06. The lowest BCUT2D eigenvalue weighted by molar-refractivity contribution is 0.0525. The van der Waals surface area contributed by atoms with Gasteiger partial charge in [-0.2, -0.15) is 0 Å². The quantitative estimate of drug-likeness (QED) is 0.671. The Kier molecular flexibility index (Phi) is 3.38. The fourth-order valence-electron chi connectivity index (χ4n) is 1.61. The predicted octanol–water partition coefficient (Wildman–Crippen LogP) is 3.35. The van der Waals surface area contributed by atoms with Crippen molar-refractivity contribution < 1.29 is 18.3 Å². The highest BCUT2D eigenvalue weighted by atomic mass is 32.1. The van der Waals surface area contributed by atoms with Crippen LogP contribution in [0.4, 0.5) is 8.78 Å². The van der Waals surface area contributed by atoms with Crippen LogP contribution in [0.25, 0.3) is 10.9 Å². The molecule has 94 valence electrons. The van der Waals surface area contributed by atoms with Gasteiger partial charge in [0.2, 0.25) is 0 Å². The number of esters is 1. The van der Waals surface area contributed by atoms with E-state index in [0.29, 0.717) is 0 Å². The van der Waals surface area contributed by atoms with E-state index in [1.165, 1.54) is 6.20 Å². The molecule has 0 saturated carbocycles. The largest absolute Gasteiger partial charge is 0.462 e. The molecule has 0 radical (unpaired) electrons. The molecule has 0 bridgehead atoms. The van der Waals surface area contributed by atoms with Crippen LogP contribution < -0.4 is 0 Å². The number of H-pyrrole nitrogens is 1.